The molecule has 0 aliphatic carbocycles. The zero-order chi connectivity index (χ0) is 12.8. The Balaban J connectivity index is 2.25. The Morgan fingerprint density at radius 3 is 2.29 bits per heavy atom. The van der Waals surface area contributed by atoms with E-state index in [2.05, 4.69) is 52.5 Å². The van der Waals surface area contributed by atoms with Crippen LogP contribution in [0.3, 0.4) is 0 Å². The highest BCUT2D eigenvalue weighted by molar-refractivity contribution is 7.12. The lowest BCUT2D eigenvalue weighted by Gasteiger charge is -2.38. The molecule has 0 spiro atoms. The van der Waals surface area contributed by atoms with Crippen LogP contribution < -0.4 is 0 Å². The summed E-state index contributed by atoms with van der Waals surface area (Å²) in [5, 5.41) is 0. The van der Waals surface area contributed by atoms with Gasteiger partial charge in [-0.15, -0.1) is 11.3 Å². The van der Waals surface area contributed by atoms with E-state index >= 15 is 0 Å². The molecule has 0 radical (unpaired) electrons. The Bertz CT molecular complexity index is 404. The van der Waals surface area contributed by atoms with Gasteiger partial charge in [-0.1, -0.05) is 20.8 Å². The third-order valence-electron chi connectivity index (χ3n) is 3.55. The largest absolute Gasteiger partial charge is 0.294 e. The molecule has 2 heterocycles. The molecular formula is C15H25NS. The number of thiophene rings is 1. The van der Waals surface area contributed by atoms with Gasteiger partial charge in [0.05, 0.1) is 0 Å². The molecule has 0 amide bonds. The fourth-order valence-corrected chi connectivity index (χ4v) is 3.50. The van der Waals surface area contributed by atoms with Crippen molar-refractivity contribution in [3.8, 4) is 0 Å². The van der Waals surface area contributed by atoms with E-state index < -0.39 is 0 Å². The second kappa shape index (κ2) is 4.10. The SMILES string of the molecule is CC(C)(C)c1cc2c(s1)CCN(C(C)(C)C)C2. The van der Waals surface area contributed by atoms with Gasteiger partial charge in [-0.25, -0.2) is 0 Å². The van der Waals surface area contributed by atoms with Gasteiger partial charge < -0.3 is 0 Å². The van der Waals surface area contributed by atoms with Crippen molar-refractivity contribution in [2.45, 2.75) is 65.5 Å². The van der Waals surface area contributed by atoms with E-state index in [1.54, 1.807) is 15.3 Å². The Labute approximate surface area is 110 Å². The van der Waals surface area contributed by atoms with E-state index in [0.29, 0.717) is 11.0 Å². The lowest BCUT2D eigenvalue weighted by molar-refractivity contribution is 0.122. The fraction of sp³-hybridized carbons (Fsp3) is 0.733. The number of hydrogen-bond donors (Lipinski definition) is 0. The molecule has 0 unspecified atom stereocenters. The van der Waals surface area contributed by atoms with Crippen LogP contribution in [-0.2, 0) is 18.4 Å². The van der Waals surface area contributed by atoms with E-state index in [0.717, 1.165) is 6.54 Å². The second-order valence-electron chi connectivity index (χ2n) is 7.15. The van der Waals surface area contributed by atoms with Gasteiger partial charge in [-0.2, -0.15) is 0 Å². The highest BCUT2D eigenvalue weighted by Gasteiger charge is 2.28. The van der Waals surface area contributed by atoms with Crippen LogP contribution in [0.25, 0.3) is 0 Å². The quantitative estimate of drug-likeness (QED) is 0.668. The van der Waals surface area contributed by atoms with Gasteiger partial charge in [-0.3, -0.25) is 4.90 Å². The first kappa shape index (κ1) is 13.1. The maximum absolute atomic E-state index is 2.59. The fourth-order valence-electron chi connectivity index (χ4n) is 2.28. The molecule has 96 valence electrons. The zero-order valence-electron chi connectivity index (χ0n) is 12.1. The van der Waals surface area contributed by atoms with Gasteiger partial charge in [-0.05, 0) is 44.2 Å². The first-order valence-electron chi connectivity index (χ1n) is 6.55. The summed E-state index contributed by atoms with van der Waals surface area (Å²) in [6, 6.07) is 2.44. The van der Waals surface area contributed by atoms with Crippen molar-refractivity contribution >= 4 is 11.3 Å². The molecule has 1 aliphatic heterocycles. The molecule has 2 rings (SSSR count). The molecule has 2 heteroatoms. The molecule has 0 atom stereocenters. The first-order chi connectivity index (χ1) is 7.68. The summed E-state index contributed by atoms with van der Waals surface area (Å²) < 4.78 is 0. The number of fused-ring (bicyclic) bond motifs is 1. The molecule has 0 bridgehead atoms. The smallest absolute Gasteiger partial charge is 0.0250 e. The van der Waals surface area contributed by atoms with Crippen LogP contribution in [0.4, 0.5) is 0 Å². The van der Waals surface area contributed by atoms with E-state index in [1.165, 1.54) is 13.0 Å². The van der Waals surface area contributed by atoms with Gasteiger partial charge in [0, 0.05) is 28.4 Å². The molecule has 1 aromatic rings. The Morgan fingerprint density at radius 2 is 1.76 bits per heavy atom. The molecular weight excluding hydrogens is 226 g/mol. The van der Waals surface area contributed by atoms with Gasteiger partial charge in [0.25, 0.3) is 0 Å². The topological polar surface area (TPSA) is 3.24 Å². The van der Waals surface area contributed by atoms with E-state index in [9.17, 15) is 0 Å². The van der Waals surface area contributed by atoms with Crippen molar-refractivity contribution in [1.29, 1.82) is 0 Å². The number of nitrogens with zero attached hydrogens (tertiary/aromatic N) is 1. The minimum atomic E-state index is 0.293. The van der Waals surface area contributed by atoms with Crippen LogP contribution in [0.15, 0.2) is 6.07 Å². The predicted molar refractivity (Wildman–Crippen MR) is 76.9 cm³/mol. The van der Waals surface area contributed by atoms with Gasteiger partial charge in [0.1, 0.15) is 0 Å². The summed E-state index contributed by atoms with van der Waals surface area (Å²) >= 11 is 2.03. The highest BCUT2D eigenvalue weighted by atomic mass is 32.1. The van der Waals surface area contributed by atoms with Crippen molar-refractivity contribution in [3.63, 3.8) is 0 Å². The van der Waals surface area contributed by atoms with Crippen LogP contribution in [-0.4, -0.2) is 17.0 Å². The summed E-state index contributed by atoms with van der Waals surface area (Å²) in [6.45, 7) is 16.2. The molecule has 1 aromatic heterocycles. The second-order valence-corrected chi connectivity index (χ2v) is 8.29. The standard InChI is InChI=1S/C15H25NS/c1-14(2,3)13-9-11-10-16(15(4,5)6)8-7-12(11)17-13/h9H,7-8,10H2,1-6H3. The monoisotopic (exact) mass is 251 g/mol. The number of rotatable bonds is 0. The summed E-state index contributed by atoms with van der Waals surface area (Å²) in [7, 11) is 0. The van der Waals surface area contributed by atoms with Crippen LogP contribution in [0.5, 0.6) is 0 Å². The Morgan fingerprint density at radius 1 is 1.12 bits per heavy atom. The van der Waals surface area contributed by atoms with E-state index in [1.807, 2.05) is 11.3 Å². The zero-order valence-corrected chi connectivity index (χ0v) is 12.9. The molecule has 17 heavy (non-hydrogen) atoms. The summed E-state index contributed by atoms with van der Waals surface area (Å²) in [4.78, 5) is 5.75. The average Bonchev–Trinajstić information content (AvgIpc) is 2.57. The number of hydrogen-bond acceptors (Lipinski definition) is 2. The maximum Gasteiger partial charge on any atom is 0.0250 e. The van der Waals surface area contributed by atoms with Crippen LogP contribution in [0.2, 0.25) is 0 Å². The molecule has 0 fully saturated rings. The van der Waals surface area contributed by atoms with Crippen molar-refractivity contribution in [1.82, 2.24) is 4.90 Å². The third kappa shape index (κ3) is 2.74. The minimum Gasteiger partial charge on any atom is -0.294 e. The average molecular weight is 251 g/mol. The molecule has 0 N–H and O–H groups in total. The minimum absolute atomic E-state index is 0.293. The van der Waals surface area contributed by atoms with Gasteiger partial charge in [0.2, 0.25) is 0 Å². The third-order valence-corrected chi connectivity index (χ3v) is 5.22. The Kier molecular flexibility index (Phi) is 3.16. The molecule has 1 nitrogen and oxygen atoms in total. The van der Waals surface area contributed by atoms with Crippen LogP contribution in [0, 0.1) is 0 Å². The van der Waals surface area contributed by atoms with E-state index in [4.69, 9.17) is 0 Å². The van der Waals surface area contributed by atoms with Gasteiger partial charge in [0.15, 0.2) is 0 Å². The van der Waals surface area contributed by atoms with Gasteiger partial charge >= 0.3 is 0 Å². The molecule has 0 saturated heterocycles. The molecule has 0 saturated carbocycles. The molecule has 0 aromatic carbocycles. The lowest BCUT2D eigenvalue weighted by Crippen LogP contribution is -2.43. The summed E-state index contributed by atoms with van der Waals surface area (Å²) in [6.07, 6.45) is 1.23. The molecule has 1 aliphatic rings. The normalized spacial score (nSPS) is 18.2. The Hall–Kier alpha value is -0.340. The van der Waals surface area contributed by atoms with Crippen LogP contribution >= 0.6 is 11.3 Å². The van der Waals surface area contributed by atoms with Crippen LogP contribution in [0.1, 0.15) is 56.9 Å². The summed E-state index contributed by atoms with van der Waals surface area (Å²) in [5.74, 6) is 0. The first-order valence-corrected chi connectivity index (χ1v) is 7.37. The van der Waals surface area contributed by atoms with E-state index in [-0.39, 0.29) is 0 Å². The van der Waals surface area contributed by atoms with Crippen molar-refractivity contribution in [2.24, 2.45) is 0 Å². The predicted octanol–water partition coefficient (Wildman–Crippen LogP) is 4.20. The van der Waals surface area contributed by atoms with Crippen molar-refractivity contribution in [2.75, 3.05) is 6.54 Å². The van der Waals surface area contributed by atoms with Crippen molar-refractivity contribution in [3.05, 3.63) is 21.4 Å². The maximum atomic E-state index is 2.59. The lowest BCUT2D eigenvalue weighted by atomic mass is 9.93. The highest BCUT2D eigenvalue weighted by Crippen LogP contribution is 2.36. The summed E-state index contributed by atoms with van der Waals surface area (Å²) in [5.41, 5.74) is 2.16. The van der Waals surface area contributed by atoms with Crippen molar-refractivity contribution < 1.29 is 0 Å².